The van der Waals surface area contributed by atoms with E-state index in [1.165, 1.54) is 0 Å². The summed E-state index contributed by atoms with van der Waals surface area (Å²) in [5.41, 5.74) is 3.34. The van der Waals surface area contributed by atoms with Gasteiger partial charge in [-0.3, -0.25) is 9.69 Å². The third-order valence-corrected chi connectivity index (χ3v) is 7.26. The maximum Gasteiger partial charge on any atom is 0.236 e. The van der Waals surface area contributed by atoms with Gasteiger partial charge in [-0.1, -0.05) is 29.8 Å². The third kappa shape index (κ3) is 3.82. The summed E-state index contributed by atoms with van der Waals surface area (Å²) in [6.07, 6.45) is 0. The molecule has 0 radical (unpaired) electrons. The molecule has 2 heterocycles. The SMILES string of the molecule is COc1ccc(N2C(=S)NC3c4cccc(OC)c4OC2(C)C3C(=O)Nc2ccc(C)cc2C)cc1. The summed E-state index contributed by atoms with van der Waals surface area (Å²) in [7, 11) is 3.23. The Balaban J connectivity index is 1.63. The number of rotatable bonds is 5. The van der Waals surface area contributed by atoms with Crippen LogP contribution in [0, 0.1) is 19.8 Å². The zero-order chi connectivity index (χ0) is 25.6. The van der Waals surface area contributed by atoms with E-state index in [1.807, 2.05) is 86.3 Å². The minimum atomic E-state index is -1.15. The van der Waals surface area contributed by atoms with Crippen LogP contribution in [-0.4, -0.2) is 31.0 Å². The summed E-state index contributed by atoms with van der Waals surface area (Å²) in [5, 5.41) is 7.04. The highest BCUT2D eigenvalue weighted by Gasteiger charge is 2.59. The molecule has 0 aliphatic carbocycles. The molecule has 2 aliphatic rings. The molecule has 3 atom stereocenters. The summed E-state index contributed by atoms with van der Waals surface area (Å²) in [4.78, 5) is 15.9. The first-order valence-electron chi connectivity index (χ1n) is 11.8. The molecule has 186 valence electrons. The van der Waals surface area contributed by atoms with Crippen molar-refractivity contribution in [2.24, 2.45) is 5.92 Å². The van der Waals surface area contributed by atoms with Gasteiger partial charge in [-0.25, -0.2) is 0 Å². The van der Waals surface area contributed by atoms with Crippen LogP contribution in [0.2, 0.25) is 0 Å². The monoisotopic (exact) mass is 503 g/mol. The lowest BCUT2D eigenvalue weighted by Crippen LogP contribution is -2.72. The van der Waals surface area contributed by atoms with E-state index in [0.717, 1.165) is 33.8 Å². The maximum absolute atomic E-state index is 14.0. The number of nitrogens with one attached hydrogen (secondary N) is 2. The van der Waals surface area contributed by atoms with Crippen LogP contribution < -0.4 is 29.7 Å². The van der Waals surface area contributed by atoms with E-state index in [-0.39, 0.29) is 5.91 Å². The van der Waals surface area contributed by atoms with Gasteiger partial charge in [0.15, 0.2) is 22.3 Å². The van der Waals surface area contributed by atoms with Crippen molar-refractivity contribution in [2.45, 2.75) is 32.5 Å². The van der Waals surface area contributed by atoms with Crippen LogP contribution in [0.1, 0.15) is 29.7 Å². The fraction of sp³-hybridized carbons (Fsp3) is 0.286. The summed E-state index contributed by atoms with van der Waals surface area (Å²) in [6, 6.07) is 18.8. The van der Waals surface area contributed by atoms with Crippen LogP contribution in [-0.2, 0) is 4.79 Å². The normalized spacial score (nSPS) is 22.1. The molecule has 1 fully saturated rings. The summed E-state index contributed by atoms with van der Waals surface area (Å²) >= 11 is 5.83. The van der Waals surface area contributed by atoms with Gasteiger partial charge in [-0.2, -0.15) is 0 Å². The Kier molecular flexibility index (Phi) is 6.00. The number of para-hydroxylation sites is 1. The van der Waals surface area contributed by atoms with Crippen LogP contribution >= 0.6 is 12.2 Å². The Labute approximate surface area is 216 Å². The first-order valence-corrected chi connectivity index (χ1v) is 12.2. The third-order valence-electron chi connectivity index (χ3n) is 6.96. The molecule has 8 heteroatoms. The standard InChI is InChI=1S/C28H29N3O4S/c1-16-9-14-21(17(2)15-16)29-26(32)23-24-20-7-6-8-22(34-5)25(20)35-28(23,3)31(27(36)30-24)18-10-12-19(33-4)13-11-18/h6-15,23-24H,1-5H3,(H,29,32)(H,30,36). The lowest BCUT2D eigenvalue weighted by Gasteiger charge is -2.56. The van der Waals surface area contributed by atoms with Gasteiger partial charge in [-0.05, 0) is 75.0 Å². The quantitative estimate of drug-likeness (QED) is 0.468. The fourth-order valence-electron chi connectivity index (χ4n) is 5.22. The molecule has 3 aromatic rings. The van der Waals surface area contributed by atoms with Crippen LogP contribution in [0.15, 0.2) is 60.7 Å². The molecule has 5 rings (SSSR count). The molecule has 3 aromatic carbocycles. The van der Waals surface area contributed by atoms with Crippen molar-refractivity contribution in [3.05, 3.63) is 77.4 Å². The highest BCUT2D eigenvalue weighted by Crippen LogP contribution is 2.52. The van der Waals surface area contributed by atoms with E-state index in [4.69, 9.17) is 26.4 Å². The molecule has 0 saturated carbocycles. The van der Waals surface area contributed by atoms with E-state index in [2.05, 4.69) is 10.6 Å². The highest BCUT2D eigenvalue weighted by atomic mass is 32.1. The number of nitrogens with zero attached hydrogens (tertiary/aromatic N) is 1. The number of carbonyl (C=O) groups is 1. The number of benzene rings is 3. The number of anilines is 2. The summed E-state index contributed by atoms with van der Waals surface area (Å²) in [6.45, 7) is 5.92. The Morgan fingerprint density at radius 2 is 1.83 bits per heavy atom. The first kappa shape index (κ1) is 23.9. The molecule has 0 aromatic heterocycles. The Morgan fingerprint density at radius 1 is 1.08 bits per heavy atom. The topological polar surface area (TPSA) is 72.1 Å². The van der Waals surface area contributed by atoms with E-state index < -0.39 is 17.7 Å². The average molecular weight is 504 g/mol. The van der Waals surface area contributed by atoms with Gasteiger partial charge in [-0.15, -0.1) is 0 Å². The van der Waals surface area contributed by atoms with Crippen molar-refractivity contribution < 1.29 is 19.0 Å². The summed E-state index contributed by atoms with van der Waals surface area (Å²) in [5.74, 6) is 1.10. The van der Waals surface area contributed by atoms with E-state index >= 15 is 0 Å². The second-order valence-electron chi connectivity index (χ2n) is 9.28. The number of amides is 1. The van der Waals surface area contributed by atoms with Crippen molar-refractivity contribution in [3.8, 4) is 17.2 Å². The number of ether oxygens (including phenoxy) is 3. The van der Waals surface area contributed by atoms with Crippen molar-refractivity contribution >= 4 is 34.6 Å². The van der Waals surface area contributed by atoms with Gasteiger partial charge in [0.25, 0.3) is 0 Å². The molecule has 1 saturated heterocycles. The van der Waals surface area contributed by atoms with Crippen molar-refractivity contribution in [2.75, 3.05) is 24.4 Å². The Hall–Kier alpha value is -3.78. The smallest absolute Gasteiger partial charge is 0.236 e. The predicted molar refractivity (Wildman–Crippen MR) is 144 cm³/mol. The molecule has 3 unspecified atom stereocenters. The van der Waals surface area contributed by atoms with Crippen LogP contribution in [0.5, 0.6) is 17.2 Å². The van der Waals surface area contributed by atoms with Gasteiger partial charge >= 0.3 is 0 Å². The molecule has 36 heavy (non-hydrogen) atoms. The number of hydrogen-bond donors (Lipinski definition) is 2. The number of aryl methyl sites for hydroxylation is 2. The Morgan fingerprint density at radius 3 is 2.50 bits per heavy atom. The number of carbonyl (C=O) groups excluding carboxylic acids is 1. The van der Waals surface area contributed by atoms with Crippen molar-refractivity contribution in [3.63, 3.8) is 0 Å². The number of hydrogen-bond acceptors (Lipinski definition) is 5. The van der Waals surface area contributed by atoms with Crippen molar-refractivity contribution in [1.29, 1.82) is 0 Å². The zero-order valence-electron chi connectivity index (χ0n) is 20.9. The largest absolute Gasteiger partial charge is 0.497 e. The molecule has 0 spiro atoms. The molecule has 2 N–H and O–H groups in total. The van der Waals surface area contributed by atoms with Crippen LogP contribution in [0.4, 0.5) is 11.4 Å². The van der Waals surface area contributed by atoms with E-state index in [0.29, 0.717) is 16.6 Å². The molecule has 2 aliphatic heterocycles. The average Bonchev–Trinajstić information content (AvgIpc) is 2.85. The lowest BCUT2D eigenvalue weighted by molar-refractivity contribution is -0.130. The lowest BCUT2D eigenvalue weighted by atomic mass is 9.78. The molecule has 2 bridgehead atoms. The van der Waals surface area contributed by atoms with E-state index in [9.17, 15) is 4.79 Å². The predicted octanol–water partition coefficient (Wildman–Crippen LogP) is 5.12. The summed E-state index contributed by atoms with van der Waals surface area (Å²) < 4.78 is 17.7. The fourth-order valence-corrected chi connectivity index (χ4v) is 5.63. The molecular formula is C28H29N3O4S. The van der Waals surface area contributed by atoms with Gasteiger partial charge in [0, 0.05) is 16.9 Å². The minimum Gasteiger partial charge on any atom is -0.497 e. The second kappa shape index (κ2) is 9.02. The number of methoxy groups -OCH3 is 2. The van der Waals surface area contributed by atoms with Gasteiger partial charge in [0.1, 0.15) is 11.7 Å². The van der Waals surface area contributed by atoms with Gasteiger partial charge in [0.2, 0.25) is 5.91 Å². The van der Waals surface area contributed by atoms with E-state index in [1.54, 1.807) is 14.2 Å². The molecular weight excluding hydrogens is 474 g/mol. The number of fused-ring (bicyclic) bond motifs is 4. The van der Waals surface area contributed by atoms with Gasteiger partial charge < -0.3 is 24.8 Å². The second-order valence-corrected chi connectivity index (χ2v) is 9.67. The van der Waals surface area contributed by atoms with Crippen LogP contribution in [0.3, 0.4) is 0 Å². The minimum absolute atomic E-state index is 0.170. The molecule has 7 nitrogen and oxygen atoms in total. The first-order chi connectivity index (χ1) is 17.3. The van der Waals surface area contributed by atoms with Crippen molar-refractivity contribution in [1.82, 2.24) is 5.32 Å². The number of thiocarbonyl (C=S) groups is 1. The molecule has 1 amide bonds. The Bertz CT molecular complexity index is 1340. The van der Waals surface area contributed by atoms with Crippen LogP contribution in [0.25, 0.3) is 0 Å². The van der Waals surface area contributed by atoms with Gasteiger partial charge in [0.05, 0.1) is 20.3 Å². The zero-order valence-corrected chi connectivity index (χ0v) is 21.7. The highest BCUT2D eigenvalue weighted by molar-refractivity contribution is 7.80. The maximum atomic E-state index is 14.0.